The Labute approximate surface area is 173 Å². The zero-order valence-electron chi connectivity index (χ0n) is 17.6. The lowest BCUT2D eigenvalue weighted by Crippen LogP contribution is -2.53. The molecule has 29 heavy (non-hydrogen) atoms. The molecular weight excluding hydrogens is 368 g/mol. The van der Waals surface area contributed by atoms with Crippen molar-refractivity contribution < 1.29 is 14.3 Å². The summed E-state index contributed by atoms with van der Waals surface area (Å²) < 4.78 is 5.76. The minimum Gasteiger partial charge on any atom is -0.376 e. The monoisotopic (exact) mass is 400 g/mol. The average molecular weight is 401 g/mol. The number of amides is 2. The number of nitrogens with zero attached hydrogens (tertiary/aromatic N) is 4. The first-order valence-electron chi connectivity index (χ1n) is 10.8. The molecule has 0 aromatic carbocycles. The van der Waals surface area contributed by atoms with Crippen molar-refractivity contribution in [2.75, 3.05) is 51.8 Å². The molecule has 2 amide bonds. The lowest BCUT2D eigenvalue weighted by molar-refractivity contribution is -0.140. The van der Waals surface area contributed by atoms with Crippen LogP contribution in [0.4, 0.5) is 5.82 Å². The molecule has 0 N–H and O–H groups in total. The molecule has 158 valence electrons. The maximum Gasteiger partial charge on any atom is 0.254 e. The number of piperidine rings is 2. The van der Waals surface area contributed by atoms with Gasteiger partial charge in [0.15, 0.2) is 0 Å². The van der Waals surface area contributed by atoms with Crippen LogP contribution in [-0.4, -0.2) is 79.6 Å². The number of carbonyl (C=O) groups excluding carboxylic acids is 2. The maximum atomic E-state index is 12.4. The van der Waals surface area contributed by atoms with Gasteiger partial charge in [0.25, 0.3) is 5.91 Å². The van der Waals surface area contributed by atoms with E-state index in [1.807, 2.05) is 12.1 Å². The van der Waals surface area contributed by atoms with Gasteiger partial charge >= 0.3 is 0 Å². The van der Waals surface area contributed by atoms with Gasteiger partial charge in [-0.25, -0.2) is 4.98 Å². The molecule has 7 nitrogen and oxygen atoms in total. The molecule has 3 aliphatic heterocycles. The Balaban J connectivity index is 1.35. The van der Waals surface area contributed by atoms with E-state index < -0.39 is 0 Å². The molecule has 1 spiro atoms. The van der Waals surface area contributed by atoms with Crippen molar-refractivity contribution in [3.05, 3.63) is 23.9 Å². The van der Waals surface area contributed by atoms with Crippen LogP contribution in [0.5, 0.6) is 0 Å². The van der Waals surface area contributed by atoms with Crippen LogP contribution >= 0.6 is 0 Å². The molecule has 0 bridgehead atoms. The number of pyridine rings is 1. The zero-order chi connectivity index (χ0) is 20.4. The van der Waals surface area contributed by atoms with E-state index in [1.165, 1.54) is 0 Å². The van der Waals surface area contributed by atoms with Crippen LogP contribution in [0.25, 0.3) is 0 Å². The summed E-state index contributed by atoms with van der Waals surface area (Å²) in [6, 6.07) is 3.81. The Hall–Kier alpha value is -2.15. The summed E-state index contributed by atoms with van der Waals surface area (Å²) in [7, 11) is 3.49. The summed E-state index contributed by atoms with van der Waals surface area (Å²) >= 11 is 0. The number of anilines is 1. The predicted octanol–water partition coefficient (Wildman–Crippen LogP) is 2.17. The second-order valence-corrected chi connectivity index (χ2v) is 9.00. The molecule has 3 fully saturated rings. The number of carbonyl (C=O) groups is 2. The first kappa shape index (κ1) is 20.1. The van der Waals surface area contributed by atoms with Gasteiger partial charge in [0.1, 0.15) is 5.82 Å². The van der Waals surface area contributed by atoms with Crippen molar-refractivity contribution >= 4 is 17.6 Å². The Morgan fingerprint density at radius 3 is 2.69 bits per heavy atom. The molecular formula is C22H32N4O3. The van der Waals surface area contributed by atoms with E-state index in [0.717, 1.165) is 70.7 Å². The van der Waals surface area contributed by atoms with Crippen molar-refractivity contribution in [2.24, 2.45) is 5.41 Å². The summed E-state index contributed by atoms with van der Waals surface area (Å²) in [6.45, 7) is 4.33. The number of hydrogen-bond acceptors (Lipinski definition) is 5. The Kier molecular flexibility index (Phi) is 5.76. The summed E-state index contributed by atoms with van der Waals surface area (Å²) in [5.74, 6) is 1.19. The van der Waals surface area contributed by atoms with Crippen molar-refractivity contribution in [1.29, 1.82) is 0 Å². The quantitative estimate of drug-likeness (QED) is 0.775. The molecule has 1 unspecified atom stereocenters. The van der Waals surface area contributed by atoms with Crippen molar-refractivity contribution in [2.45, 2.75) is 44.6 Å². The number of ether oxygens (including phenoxy) is 1. The fourth-order valence-corrected chi connectivity index (χ4v) is 4.88. The second kappa shape index (κ2) is 8.30. The third kappa shape index (κ3) is 4.39. The standard InChI is InChI=1S/C22H32N4O3/c1-24(2)21(28)17-5-6-19(23-14-17)25-11-9-22(10-12-25)8-7-20(27)26(16-22)15-18-4-3-13-29-18/h5-6,14,18H,3-4,7-13,15-16H2,1-2H3. The summed E-state index contributed by atoms with van der Waals surface area (Å²) in [5.41, 5.74) is 0.840. The van der Waals surface area contributed by atoms with Crippen molar-refractivity contribution in [3.63, 3.8) is 0 Å². The first-order valence-corrected chi connectivity index (χ1v) is 10.8. The van der Waals surface area contributed by atoms with Crippen LogP contribution in [0.15, 0.2) is 18.3 Å². The number of likely N-dealkylation sites (tertiary alicyclic amines) is 1. The maximum absolute atomic E-state index is 12.4. The van der Waals surface area contributed by atoms with Gasteiger partial charge in [0, 0.05) is 59.5 Å². The van der Waals surface area contributed by atoms with E-state index >= 15 is 0 Å². The van der Waals surface area contributed by atoms with E-state index in [2.05, 4.69) is 14.8 Å². The first-order chi connectivity index (χ1) is 14.0. The fraction of sp³-hybridized carbons (Fsp3) is 0.682. The predicted molar refractivity (Wildman–Crippen MR) is 111 cm³/mol. The minimum absolute atomic E-state index is 0.0279. The van der Waals surface area contributed by atoms with Crippen LogP contribution in [0.2, 0.25) is 0 Å². The van der Waals surface area contributed by atoms with E-state index in [0.29, 0.717) is 12.0 Å². The van der Waals surface area contributed by atoms with Gasteiger partial charge in [0.05, 0.1) is 11.7 Å². The van der Waals surface area contributed by atoms with Crippen LogP contribution in [0.3, 0.4) is 0 Å². The summed E-state index contributed by atoms with van der Waals surface area (Å²) in [4.78, 5) is 35.0. The molecule has 1 atom stereocenters. The number of hydrogen-bond donors (Lipinski definition) is 0. The van der Waals surface area contributed by atoms with Gasteiger partial charge in [-0.2, -0.15) is 0 Å². The van der Waals surface area contributed by atoms with Crippen molar-refractivity contribution in [1.82, 2.24) is 14.8 Å². The van der Waals surface area contributed by atoms with Gasteiger partial charge in [-0.3, -0.25) is 9.59 Å². The van der Waals surface area contributed by atoms with E-state index in [1.54, 1.807) is 25.2 Å². The van der Waals surface area contributed by atoms with Crippen molar-refractivity contribution in [3.8, 4) is 0 Å². The largest absolute Gasteiger partial charge is 0.376 e. The Morgan fingerprint density at radius 2 is 2.07 bits per heavy atom. The van der Waals surface area contributed by atoms with E-state index in [9.17, 15) is 9.59 Å². The average Bonchev–Trinajstić information content (AvgIpc) is 3.24. The van der Waals surface area contributed by atoms with E-state index in [4.69, 9.17) is 4.74 Å². The molecule has 0 aliphatic carbocycles. The lowest BCUT2D eigenvalue weighted by Gasteiger charge is -2.48. The third-order valence-electron chi connectivity index (χ3n) is 6.75. The van der Waals surface area contributed by atoms with Gasteiger partial charge < -0.3 is 19.4 Å². The fourth-order valence-electron chi connectivity index (χ4n) is 4.88. The molecule has 0 radical (unpaired) electrons. The Bertz CT molecular complexity index is 735. The molecule has 1 aromatic rings. The van der Waals surface area contributed by atoms with Gasteiger partial charge in [-0.05, 0) is 49.7 Å². The number of aromatic nitrogens is 1. The van der Waals surface area contributed by atoms with Crippen LogP contribution in [-0.2, 0) is 9.53 Å². The highest BCUT2D eigenvalue weighted by Gasteiger charge is 2.41. The minimum atomic E-state index is -0.0279. The second-order valence-electron chi connectivity index (χ2n) is 9.00. The van der Waals surface area contributed by atoms with Crippen LogP contribution in [0, 0.1) is 5.41 Å². The van der Waals surface area contributed by atoms with Gasteiger partial charge in [0.2, 0.25) is 5.91 Å². The van der Waals surface area contributed by atoms with Crippen LogP contribution in [0.1, 0.15) is 48.9 Å². The molecule has 1 aromatic heterocycles. The van der Waals surface area contributed by atoms with Crippen LogP contribution < -0.4 is 4.90 Å². The van der Waals surface area contributed by atoms with Gasteiger partial charge in [-0.15, -0.1) is 0 Å². The molecule has 4 rings (SSSR count). The highest BCUT2D eigenvalue weighted by molar-refractivity contribution is 5.93. The highest BCUT2D eigenvalue weighted by Crippen LogP contribution is 2.41. The summed E-state index contributed by atoms with van der Waals surface area (Å²) in [5, 5.41) is 0. The zero-order valence-corrected chi connectivity index (χ0v) is 17.6. The topological polar surface area (TPSA) is 66.0 Å². The molecule has 7 heteroatoms. The number of rotatable bonds is 4. The molecule has 0 saturated carbocycles. The smallest absolute Gasteiger partial charge is 0.254 e. The molecule has 3 aliphatic rings. The van der Waals surface area contributed by atoms with E-state index in [-0.39, 0.29) is 23.3 Å². The lowest BCUT2D eigenvalue weighted by atomic mass is 9.72. The SMILES string of the molecule is CN(C)C(=O)c1ccc(N2CCC3(CCC(=O)N(CC4CCCO4)C3)CC2)nc1. The van der Waals surface area contributed by atoms with Gasteiger partial charge in [-0.1, -0.05) is 0 Å². The molecule has 4 heterocycles. The molecule has 3 saturated heterocycles. The summed E-state index contributed by atoms with van der Waals surface area (Å²) in [6.07, 6.45) is 7.87. The third-order valence-corrected chi connectivity index (χ3v) is 6.75. The highest BCUT2D eigenvalue weighted by atomic mass is 16.5. The normalized spacial score (nSPS) is 24.2. The Morgan fingerprint density at radius 1 is 1.28 bits per heavy atom.